The van der Waals surface area contributed by atoms with Crippen LogP contribution in [0.1, 0.15) is 41.0 Å². The lowest BCUT2D eigenvalue weighted by Crippen LogP contribution is -2.53. The predicted molar refractivity (Wildman–Crippen MR) is 51.7 cm³/mol. The lowest BCUT2D eigenvalue weighted by molar-refractivity contribution is 0.0877. The third-order valence-electron chi connectivity index (χ3n) is 2.38. The third kappa shape index (κ3) is 1.54. The third-order valence-corrected chi connectivity index (χ3v) is 2.38. The van der Waals surface area contributed by atoms with E-state index < -0.39 is 0 Å². The summed E-state index contributed by atoms with van der Waals surface area (Å²) >= 11 is 0. The summed E-state index contributed by atoms with van der Waals surface area (Å²) in [6, 6.07) is 0. The molecule has 1 heterocycles. The van der Waals surface area contributed by atoms with Crippen molar-refractivity contribution in [3.63, 3.8) is 0 Å². The van der Waals surface area contributed by atoms with Crippen LogP contribution in [0.25, 0.3) is 0 Å². The molecule has 0 aromatic carbocycles. The molecule has 0 spiro atoms. The standard InChI is InChI=1S/C10H18NO/c1-8-6-9(2,3)11(12)10(4,5)7-8/h6H,7H2,1-5H3/q-1. The first-order valence-electron chi connectivity index (χ1n) is 4.41. The minimum atomic E-state index is -0.341. The van der Waals surface area contributed by atoms with E-state index in [-0.39, 0.29) is 11.1 Å². The predicted octanol–water partition coefficient (Wildman–Crippen LogP) is 2.69. The summed E-state index contributed by atoms with van der Waals surface area (Å²) in [5.41, 5.74) is 0.728. The van der Waals surface area contributed by atoms with Crippen LogP contribution in [0.15, 0.2) is 11.6 Å². The van der Waals surface area contributed by atoms with Crippen molar-refractivity contribution >= 4 is 0 Å². The van der Waals surface area contributed by atoms with Gasteiger partial charge in [0.05, 0.1) is 0 Å². The number of nitrogens with zero attached hydrogens (tertiary/aromatic N) is 1. The van der Waals surface area contributed by atoms with E-state index in [1.165, 1.54) is 10.6 Å². The molecule has 1 aliphatic heterocycles. The minimum Gasteiger partial charge on any atom is -0.784 e. The second-order valence-electron chi connectivity index (χ2n) is 4.93. The Morgan fingerprint density at radius 1 is 1.33 bits per heavy atom. The smallest absolute Gasteiger partial charge is 0.0224 e. The summed E-state index contributed by atoms with van der Waals surface area (Å²) < 4.78 is 0. The quantitative estimate of drug-likeness (QED) is 0.520. The van der Waals surface area contributed by atoms with E-state index in [1.807, 2.05) is 27.7 Å². The maximum absolute atomic E-state index is 11.8. The summed E-state index contributed by atoms with van der Waals surface area (Å²) in [4.78, 5) is 0. The van der Waals surface area contributed by atoms with Crippen LogP contribution in [-0.4, -0.2) is 16.1 Å². The van der Waals surface area contributed by atoms with Gasteiger partial charge in [0.25, 0.3) is 0 Å². The monoisotopic (exact) mass is 168 g/mol. The van der Waals surface area contributed by atoms with E-state index in [1.54, 1.807) is 0 Å². The van der Waals surface area contributed by atoms with Crippen molar-refractivity contribution in [1.82, 2.24) is 5.06 Å². The second-order valence-corrected chi connectivity index (χ2v) is 4.93. The zero-order valence-electron chi connectivity index (χ0n) is 8.64. The van der Waals surface area contributed by atoms with Gasteiger partial charge in [-0.25, -0.2) is 0 Å². The zero-order chi connectivity index (χ0) is 9.57. The van der Waals surface area contributed by atoms with Crippen LogP contribution in [0.3, 0.4) is 0 Å². The van der Waals surface area contributed by atoms with E-state index in [4.69, 9.17) is 0 Å². The summed E-state index contributed by atoms with van der Waals surface area (Å²) in [6.07, 6.45) is 2.94. The van der Waals surface area contributed by atoms with Crippen molar-refractivity contribution in [2.45, 2.75) is 52.1 Å². The molecule has 12 heavy (non-hydrogen) atoms. The number of hydrogen-bond acceptors (Lipinski definition) is 2. The molecule has 0 radical (unpaired) electrons. The molecular weight excluding hydrogens is 150 g/mol. The van der Waals surface area contributed by atoms with Crippen LogP contribution in [0.2, 0.25) is 0 Å². The highest BCUT2D eigenvalue weighted by atomic mass is 16.5. The summed E-state index contributed by atoms with van der Waals surface area (Å²) in [6.45, 7) is 10.0. The fourth-order valence-electron chi connectivity index (χ4n) is 2.25. The van der Waals surface area contributed by atoms with E-state index in [0.717, 1.165) is 6.42 Å². The van der Waals surface area contributed by atoms with Gasteiger partial charge in [-0.05, 0) is 41.0 Å². The molecule has 1 rings (SSSR count). The van der Waals surface area contributed by atoms with Gasteiger partial charge in [0.15, 0.2) is 0 Å². The number of hydroxylamine groups is 2. The molecule has 70 valence electrons. The van der Waals surface area contributed by atoms with Crippen molar-refractivity contribution in [3.05, 3.63) is 16.9 Å². The van der Waals surface area contributed by atoms with Gasteiger partial charge in [-0.2, -0.15) is 0 Å². The Labute approximate surface area is 74.8 Å². The molecule has 0 unspecified atom stereocenters. The summed E-state index contributed by atoms with van der Waals surface area (Å²) in [5, 5.41) is 13.0. The molecule has 0 saturated heterocycles. The minimum absolute atomic E-state index is 0.248. The van der Waals surface area contributed by atoms with Gasteiger partial charge in [-0.3, -0.25) is 0 Å². The maximum Gasteiger partial charge on any atom is 0.0224 e. The fourth-order valence-corrected chi connectivity index (χ4v) is 2.25. The largest absolute Gasteiger partial charge is 0.784 e. The van der Waals surface area contributed by atoms with Crippen LogP contribution in [0.4, 0.5) is 0 Å². The Bertz CT molecular complexity index is 216. The van der Waals surface area contributed by atoms with Crippen LogP contribution in [-0.2, 0) is 0 Å². The molecule has 0 amide bonds. The van der Waals surface area contributed by atoms with Gasteiger partial charge in [0.2, 0.25) is 0 Å². The van der Waals surface area contributed by atoms with Crippen molar-refractivity contribution in [2.24, 2.45) is 0 Å². The Hall–Kier alpha value is -0.340. The molecular formula is C10H18NO-. The van der Waals surface area contributed by atoms with Gasteiger partial charge in [0.1, 0.15) is 0 Å². The summed E-state index contributed by atoms with van der Waals surface area (Å²) in [7, 11) is 0. The first-order chi connectivity index (χ1) is 5.26. The van der Waals surface area contributed by atoms with E-state index in [0.29, 0.717) is 0 Å². The van der Waals surface area contributed by atoms with E-state index in [2.05, 4.69) is 13.0 Å². The Balaban J connectivity index is 3.02. The first-order valence-corrected chi connectivity index (χ1v) is 4.41. The molecule has 0 aliphatic carbocycles. The van der Waals surface area contributed by atoms with Crippen molar-refractivity contribution in [3.8, 4) is 0 Å². The zero-order valence-corrected chi connectivity index (χ0v) is 8.64. The van der Waals surface area contributed by atoms with Crippen LogP contribution in [0.5, 0.6) is 0 Å². The van der Waals surface area contributed by atoms with Crippen molar-refractivity contribution in [1.29, 1.82) is 0 Å². The van der Waals surface area contributed by atoms with Gasteiger partial charge >= 0.3 is 0 Å². The number of hydrogen-bond donors (Lipinski definition) is 0. The lowest BCUT2D eigenvalue weighted by Gasteiger charge is -2.56. The lowest BCUT2D eigenvalue weighted by atomic mass is 9.83. The highest BCUT2D eigenvalue weighted by molar-refractivity contribution is 5.20. The molecule has 0 bridgehead atoms. The molecule has 1 aliphatic rings. The number of rotatable bonds is 0. The Morgan fingerprint density at radius 3 is 2.25 bits per heavy atom. The highest BCUT2D eigenvalue weighted by Crippen LogP contribution is 2.35. The average molecular weight is 168 g/mol. The van der Waals surface area contributed by atoms with Crippen molar-refractivity contribution in [2.75, 3.05) is 0 Å². The highest BCUT2D eigenvalue weighted by Gasteiger charge is 2.33. The molecule has 0 N–H and O–H groups in total. The van der Waals surface area contributed by atoms with Crippen molar-refractivity contribution < 1.29 is 0 Å². The van der Waals surface area contributed by atoms with E-state index in [9.17, 15) is 5.21 Å². The van der Waals surface area contributed by atoms with Gasteiger partial charge < -0.3 is 10.3 Å². The maximum atomic E-state index is 11.8. The topological polar surface area (TPSA) is 26.3 Å². The SMILES string of the molecule is CC1=CC(C)(C)N([O-])C(C)(C)C1. The summed E-state index contributed by atoms with van der Waals surface area (Å²) in [5.74, 6) is 0. The molecule has 0 saturated carbocycles. The first kappa shape index (κ1) is 9.75. The second kappa shape index (κ2) is 2.57. The molecule has 0 aromatic rings. The Morgan fingerprint density at radius 2 is 1.83 bits per heavy atom. The molecule has 0 fully saturated rings. The van der Waals surface area contributed by atoms with Gasteiger partial charge in [-0.15, -0.1) is 0 Å². The van der Waals surface area contributed by atoms with Gasteiger partial charge in [-0.1, -0.05) is 11.6 Å². The fraction of sp³-hybridized carbons (Fsp3) is 0.800. The molecule has 2 heteroatoms. The van der Waals surface area contributed by atoms with E-state index >= 15 is 0 Å². The van der Waals surface area contributed by atoms with Crippen LogP contribution < -0.4 is 0 Å². The molecule has 0 atom stereocenters. The average Bonchev–Trinajstić information content (AvgIpc) is 1.80. The van der Waals surface area contributed by atoms with Gasteiger partial charge in [0, 0.05) is 11.1 Å². The normalized spacial score (nSPS) is 28.3. The Kier molecular flexibility index (Phi) is 2.09. The molecule has 2 nitrogen and oxygen atoms in total. The van der Waals surface area contributed by atoms with Crippen LogP contribution >= 0.6 is 0 Å². The molecule has 0 aromatic heterocycles. The van der Waals surface area contributed by atoms with Crippen LogP contribution in [0, 0.1) is 5.21 Å².